The average molecular weight is 565 g/mol. The molecule has 1 aromatic carbocycles. The predicted molar refractivity (Wildman–Crippen MR) is 161 cm³/mol. The Labute approximate surface area is 242 Å². The molecule has 0 saturated carbocycles. The predicted octanol–water partition coefficient (Wildman–Crippen LogP) is 1.62. The molecule has 11 nitrogen and oxygen atoms in total. The largest absolute Gasteiger partial charge is 0.380 e. The summed E-state index contributed by atoms with van der Waals surface area (Å²) in [6, 6.07) is 7.47. The highest BCUT2D eigenvalue weighted by atomic mass is 16.2. The third-order valence-corrected chi connectivity index (χ3v) is 6.70. The Morgan fingerprint density at radius 1 is 1.12 bits per heavy atom. The minimum absolute atomic E-state index is 0.135. The first kappa shape index (κ1) is 33.4. The lowest BCUT2D eigenvalue weighted by molar-refractivity contribution is -0.129. The van der Waals surface area contributed by atoms with Crippen LogP contribution >= 0.6 is 0 Å². The highest BCUT2D eigenvalue weighted by Gasteiger charge is 2.27. The molecular weight excluding hydrogens is 520 g/mol. The quantitative estimate of drug-likeness (QED) is 0.0755. The van der Waals surface area contributed by atoms with Crippen molar-refractivity contribution in [1.29, 1.82) is 5.26 Å². The molecule has 9 N–H and O–H groups in total. The van der Waals surface area contributed by atoms with Gasteiger partial charge in [-0.1, -0.05) is 35.9 Å². The van der Waals surface area contributed by atoms with E-state index in [1.165, 1.54) is 0 Å². The zero-order valence-corrected chi connectivity index (χ0v) is 24.2. The second kappa shape index (κ2) is 17.8. The number of aromatic amines is 1. The maximum atomic E-state index is 13.6. The number of nitriles is 1. The first-order chi connectivity index (χ1) is 19.7. The summed E-state index contributed by atoms with van der Waals surface area (Å²) < 4.78 is 0. The van der Waals surface area contributed by atoms with Gasteiger partial charge in [-0.15, -0.1) is 0 Å². The molecule has 1 aromatic heterocycles. The van der Waals surface area contributed by atoms with Crippen LogP contribution < -0.4 is 32.7 Å². The fourth-order valence-electron chi connectivity index (χ4n) is 4.23. The third-order valence-electron chi connectivity index (χ3n) is 6.70. The summed E-state index contributed by atoms with van der Waals surface area (Å²) >= 11 is 0. The number of nitrogens with two attached hydrogens (primary N) is 2. The Morgan fingerprint density at radius 3 is 2.59 bits per heavy atom. The number of para-hydroxylation sites is 1. The van der Waals surface area contributed by atoms with Crippen molar-refractivity contribution < 1.29 is 14.4 Å². The Bertz CT molecular complexity index is 1240. The summed E-state index contributed by atoms with van der Waals surface area (Å²) in [5, 5.41) is 21.8. The van der Waals surface area contributed by atoms with E-state index in [0.29, 0.717) is 19.4 Å². The molecule has 0 aliphatic carbocycles. The molecule has 3 atom stereocenters. The number of fused-ring (bicyclic) bond motifs is 1. The van der Waals surface area contributed by atoms with E-state index in [1.807, 2.05) is 68.7 Å². The highest BCUT2D eigenvalue weighted by Crippen LogP contribution is 2.19. The van der Waals surface area contributed by atoms with Gasteiger partial charge in [0.05, 0.1) is 31.1 Å². The van der Waals surface area contributed by atoms with E-state index in [2.05, 4.69) is 26.3 Å². The van der Waals surface area contributed by atoms with Crippen LogP contribution in [0.5, 0.6) is 0 Å². The van der Waals surface area contributed by atoms with Crippen LogP contribution in [0.1, 0.15) is 52.0 Å². The van der Waals surface area contributed by atoms with Crippen LogP contribution in [-0.2, 0) is 20.8 Å². The van der Waals surface area contributed by atoms with Gasteiger partial charge in [-0.25, -0.2) is 0 Å². The van der Waals surface area contributed by atoms with Gasteiger partial charge < -0.3 is 32.4 Å². The number of amides is 1. The summed E-state index contributed by atoms with van der Waals surface area (Å²) in [6.45, 7) is 5.93. The summed E-state index contributed by atoms with van der Waals surface area (Å²) in [7, 11) is 0. The molecule has 11 heteroatoms. The van der Waals surface area contributed by atoms with Crippen LogP contribution in [0.25, 0.3) is 10.9 Å². The van der Waals surface area contributed by atoms with Crippen molar-refractivity contribution in [2.75, 3.05) is 13.1 Å². The third kappa shape index (κ3) is 11.7. The first-order valence-electron chi connectivity index (χ1n) is 13.9. The Balaban J connectivity index is 2.23. The van der Waals surface area contributed by atoms with Gasteiger partial charge in [-0.05, 0) is 64.4 Å². The van der Waals surface area contributed by atoms with Crippen LogP contribution in [0, 0.1) is 11.3 Å². The zero-order valence-electron chi connectivity index (χ0n) is 24.2. The standard InChI is InChI=1S/C30H44N8O3/c1-4-5-9-20(2)17-36-25(12-8-15-34-30(32)33)29(41)38-26(28(40)19-35-21(3)27(39)13-14-31)16-22-18-37-24-11-7-6-10-23(22)24/h4-7,10-11,17-18,21,25-26,30,34-37H,8-9,12-13,15-16,19,32-33H2,1-3H3,(H,38,41)/t21-,25-,26-/m0/s1. The molecule has 0 saturated heterocycles. The molecule has 0 spiro atoms. The van der Waals surface area contributed by atoms with Crippen LogP contribution in [0.3, 0.4) is 0 Å². The van der Waals surface area contributed by atoms with E-state index < -0.39 is 24.4 Å². The molecule has 0 unspecified atom stereocenters. The smallest absolute Gasteiger partial charge is 0.243 e. The molecule has 0 aliphatic rings. The maximum Gasteiger partial charge on any atom is 0.243 e. The van der Waals surface area contributed by atoms with Crippen molar-refractivity contribution >= 4 is 28.4 Å². The minimum Gasteiger partial charge on any atom is -0.380 e. The second-order valence-corrected chi connectivity index (χ2v) is 10.1. The molecule has 0 aliphatic heterocycles. The normalized spacial score (nSPS) is 14.1. The number of carbonyl (C=O) groups is 3. The van der Waals surface area contributed by atoms with Gasteiger partial charge in [-0.3, -0.25) is 19.7 Å². The second-order valence-electron chi connectivity index (χ2n) is 10.1. The molecule has 0 fully saturated rings. The van der Waals surface area contributed by atoms with E-state index in [-0.39, 0.29) is 36.9 Å². The monoisotopic (exact) mass is 564 g/mol. The van der Waals surface area contributed by atoms with Gasteiger partial charge in [0.15, 0.2) is 11.6 Å². The fourth-order valence-corrected chi connectivity index (χ4v) is 4.23. The SMILES string of the molecule is CC=CCC(C)=CN[C@@H](CCCNC(N)N)C(=O)N[C@@H](Cc1c[nH]c2ccccc12)C(=O)CN[C@@H](C)C(=O)CC#N. The topological polar surface area (TPSA) is 191 Å². The average Bonchev–Trinajstić information content (AvgIpc) is 3.36. The number of aromatic nitrogens is 1. The highest BCUT2D eigenvalue weighted by molar-refractivity contribution is 5.94. The summed E-state index contributed by atoms with van der Waals surface area (Å²) in [4.78, 5) is 42.3. The molecule has 1 amide bonds. The summed E-state index contributed by atoms with van der Waals surface area (Å²) in [6.07, 6.45) is 8.89. The van der Waals surface area contributed by atoms with Crippen molar-refractivity contribution in [3.63, 3.8) is 0 Å². The number of nitrogens with zero attached hydrogens (tertiary/aromatic N) is 1. The van der Waals surface area contributed by atoms with Crippen molar-refractivity contribution in [3.05, 3.63) is 60.0 Å². The maximum absolute atomic E-state index is 13.6. The van der Waals surface area contributed by atoms with Gasteiger partial charge in [0.1, 0.15) is 12.3 Å². The zero-order chi connectivity index (χ0) is 30.2. The van der Waals surface area contributed by atoms with Gasteiger partial charge in [0.25, 0.3) is 0 Å². The summed E-state index contributed by atoms with van der Waals surface area (Å²) in [5.41, 5.74) is 14.0. The Hall–Kier alpha value is -3.82. The Kier molecular flexibility index (Phi) is 14.5. The molecule has 41 heavy (non-hydrogen) atoms. The van der Waals surface area contributed by atoms with Crippen molar-refractivity contribution in [1.82, 2.24) is 26.3 Å². The molecule has 222 valence electrons. The number of carbonyl (C=O) groups excluding carboxylic acids is 3. The van der Waals surface area contributed by atoms with Gasteiger partial charge in [-0.2, -0.15) is 5.26 Å². The number of ketones is 2. The van der Waals surface area contributed by atoms with E-state index >= 15 is 0 Å². The molecule has 0 bridgehead atoms. The van der Waals surface area contributed by atoms with Crippen LogP contribution in [0.4, 0.5) is 0 Å². The van der Waals surface area contributed by atoms with Crippen molar-refractivity contribution in [3.8, 4) is 6.07 Å². The fraction of sp³-hybridized carbons (Fsp3) is 0.467. The lowest BCUT2D eigenvalue weighted by Gasteiger charge is -2.23. The number of hydrogen-bond acceptors (Lipinski definition) is 9. The Morgan fingerprint density at radius 2 is 1.88 bits per heavy atom. The van der Waals surface area contributed by atoms with Crippen LogP contribution in [0.2, 0.25) is 0 Å². The van der Waals surface area contributed by atoms with E-state index in [9.17, 15) is 14.4 Å². The van der Waals surface area contributed by atoms with Gasteiger partial charge in [0, 0.05) is 23.5 Å². The molecule has 0 radical (unpaired) electrons. The van der Waals surface area contributed by atoms with Gasteiger partial charge >= 0.3 is 0 Å². The number of nitrogens with one attached hydrogen (secondary N) is 5. The summed E-state index contributed by atoms with van der Waals surface area (Å²) in [5.74, 6) is -0.883. The minimum atomic E-state index is -0.847. The van der Waals surface area contributed by atoms with Crippen LogP contribution in [0.15, 0.2) is 54.4 Å². The number of Topliss-reactive ketones (excluding diaryl/α,β-unsaturated/α-hetero) is 2. The van der Waals surface area contributed by atoms with E-state index in [4.69, 9.17) is 16.7 Å². The molecular formula is C30H44N8O3. The van der Waals surface area contributed by atoms with Crippen molar-refractivity contribution in [2.24, 2.45) is 11.5 Å². The first-order valence-corrected chi connectivity index (χ1v) is 13.9. The van der Waals surface area contributed by atoms with Gasteiger partial charge in [0.2, 0.25) is 5.91 Å². The van der Waals surface area contributed by atoms with Crippen LogP contribution in [-0.4, -0.2) is 60.0 Å². The number of allylic oxidation sites excluding steroid dienone is 3. The molecule has 1 heterocycles. The number of rotatable bonds is 19. The number of hydrogen-bond donors (Lipinski definition) is 7. The molecule has 2 rings (SSSR count). The lowest BCUT2D eigenvalue weighted by Crippen LogP contribution is -2.52. The number of H-pyrrole nitrogens is 1. The van der Waals surface area contributed by atoms with E-state index in [0.717, 1.165) is 28.5 Å². The van der Waals surface area contributed by atoms with Crippen molar-refractivity contribution in [2.45, 2.75) is 77.3 Å². The number of benzene rings is 1. The lowest BCUT2D eigenvalue weighted by atomic mass is 10.00. The molecule has 2 aromatic rings. The van der Waals surface area contributed by atoms with E-state index in [1.54, 1.807) is 6.92 Å².